The van der Waals surface area contributed by atoms with Crippen LogP contribution >= 0.6 is 34.8 Å². The minimum Gasteiger partial charge on any atom is -0.456 e. The summed E-state index contributed by atoms with van der Waals surface area (Å²) >= 11 is 17.3. The van der Waals surface area contributed by atoms with Crippen LogP contribution in [-0.4, -0.2) is 11.0 Å². The highest BCUT2D eigenvalue weighted by Gasteiger charge is 2.30. The van der Waals surface area contributed by atoms with Gasteiger partial charge in [0.15, 0.2) is 10.8 Å². The number of hydrogen-bond acceptors (Lipinski definition) is 4. The normalized spacial score (nSPS) is 11.4. The molecule has 2 N–H and O–H groups in total. The number of esters is 1. The maximum absolute atomic E-state index is 12.5. The van der Waals surface area contributed by atoms with Gasteiger partial charge in [-0.05, 0) is 17.7 Å². The standard InChI is InChI=1S/C14H8Cl3F3N2O2/c15-8-10(21)9(16)12(17)22-11(8)13(23)24-5-6-1-3-7(4-2-6)14(18,19)20/h1-4H,5H2,(H2,21,22). The number of ether oxygens (including phenoxy) is 1. The van der Waals surface area contributed by atoms with Crippen LogP contribution in [0.2, 0.25) is 15.2 Å². The van der Waals surface area contributed by atoms with Crippen molar-refractivity contribution in [3.05, 3.63) is 56.3 Å². The summed E-state index contributed by atoms with van der Waals surface area (Å²) in [5.74, 6) is -0.940. The average molecular weight is 400 g/mol. The maximum Gasteiger partial charge on any atom is 0.416 e. The summed E-state index contributed by atoms with van der Waals surface area (Å²) < 4.78 is 42.3. The van der Waals surface area contributed by atoms with Gasteiger partial charge < -0.3 is 10.5 Å². The molecule has 1 heterocycles. The van der Waals surface area contributed by atoms with E-state index in [9.17, 15) is 18.0 Å². The molecular formula is C14H8Cl3F3N2O2. The minimum absolute atomic E-state index is 0.0963. The van der Waals surface area contributed by atoms with Gasteiger partial charge in [-0.2, -0.15) is 13.2 Å². The highest BCUT2D eigenvalue weighted by Crippen LogP contribution is 2.34. The highest BCUT2D eigenvalue weighted by molar-refractivity contribution is 6.46. The smallest absolute Gasteiger partial charge is 0.416 e. The van der Waals surface area contributed by atoms with Crippen molar-refractivity contribution in [2.45, 2.75) is 12.8 Å². The molecule has 0 amide bonds. The molecule has 10 heteroatoms. The Morgan fingerprint density at radius 2 is 1.71 bits per heavy atom. The van der Waals surface area contributed by atoms with E-state index < -0.39 is 17.7 Å². The molecule has 128 valence electrons. The Morgan fingerprint density at radius 3 is 2.25 bits per heavy atom. The van der Waals surface area contributed by atoms with Gasteiger partial charge in [-0.3, -0.25) is 0 Å². The Hall–Kier alpha value is -1.70. The van der Waals surface area contributed by atoms with Crippen molar-refractivity contribution in [2.75, 3.05) is 5.73 Å². The number of halogens is 6. The van der Waals surface area contributed by atoms with Gasteiger partial charge in [0.05, 0.1) is 16.3 Å². The van der Waals surface area contributed by atoms with E-state index in [4.69, 9.17) is 45.3 Å². The summed E-state index contributed by atoms with van der Waals surface area (Å²) in [5.41, 5.74) is 4.66. The molecule has 0 aliphatic heterocycles. The lowest BCUT2D eigenvalue weighted by Crippen LogP contribution is -2.10. The molecule has 0 spiro atoms. The second-order valence-electron chi connectivity index (χ2n) is 4.56. The summed E-state index contributed by atoms with van der Waals surface area (Å²) in [6.07, 6.45) is -4.44. The average Bonchev–Trinajstić information content (AvgIpc) is 2.53. The number of nitrogens with zero attached hydrogens (tertiary/aromatic N) is 1. The molecule has 24 heavy (non-hydrogen) atoms. The second kappa shape index (κ2) is 7.04. The van der Waals surface area contributed by atoms with E-state index in [-0.39, 0.29) is 33.2 Å². The Bertz CT molecular complexity index is 780. The molecule has 0 unspecified atom stereocenters. The first-order valence-corrected chi connectivity index (χ1v) is 7.38. The predicted octanol–water partition coefficient (Wildman–Crippen LogP) is 5.00. The number of carbonyl (C=O) groups excluding carboxylic acids is 1. The number of benzene rings is 1. The number of hydrogen-bond donors (Lipinski definition) is 1. The van der Waals surface area contributed by atoms with E-state index in [2.05, 4.69) is 4.98 Å². The number of nitrogens with two attached hydrogens (primary N) is 1. The van der Waals surface area contributed by atoms with E-state index in [1.165, 1.54) is 12.1 Å². The SMILES string of the molecule is Nc1c(Cl)c(Cl)nc(C(=O)OCc2ccc(C(F)(F)F)cc2)c1Cl. The van der Waals surface area contributed by atoms with Crippen LogP contribution in [0.5, 0.6) is 0 Å². The van der Waals surface area contributed by atoms with E-state index in [1.807, 2.05) is 0 Å². The van der Waals surface area contributed by atoms with Gasteiger partial charge in [0, 0.05) is 0 Å². The van der Waals surface area contributed by atoms with Gasteiger partial charge >= 0.3 is 12.1 Å². The van der Waals surface area contributed by atoms with Gasteiger partial charge in [-0.1, -0.05) is 46.9 Å². The maximum atomic E-state index is 12.5. The van der Waals surface area contributed by atoms with Crippen LogP contribution in [0, 0.1) is 0 Å². The molecule has 4 nitrogen and oxygen atoms in total. The molecular weight excluding hydrogens is 392 g/mol. The molecule has 0 fully saturated rings. The van der Waals surface area contributed by atoms with Crippen molar-refractivity contribution in [1.29, 1.82) is 0 Å². The van der Waals surface area contributed by atoms with E-state index in [0.717, 1.165) is 12.1 Å². The molecule has 2 aromatic rings. The lowest BCUT2D eigenvalue weighted by molar-refractivity contribution is -0.137. The van der Waals surface area contributed by atoms with Crippen molar-refractivity contribution in [3.63, 3.8) is 0 Å². The van der Waals surface area contributed by atoms with E-state index >= 15 is 0 Å². The molecule has 0 aliphatic carbocycles. The zero-order valence-electron chi connectivity index (χ0n) is 11.6. The largest absolute Gasteiger partial charge is 0.456 e. The monoisotopic (exact) mass is 398 g/mol. The molecule has 0 radical (unpaired) electrons. The highest BCUT2D eigenvalue weighted by atomic mass is 35.5. The van der Waals surface area contributed by atoms with E-state index in [1.54, 1.807) is 0 Å². The summed E-state index contributed by atoms with van der Waals surface area (Å²) in [5, 5.41) is -0.539. The lowest BCUT2D eigenvalue weighted by Gasteiger charge is -2.10. The number of alkyl halides is 3. The van der Waals surface area contributed by atoms with Crippen LogP contribution in [0.4, 0.5) is 18.9 Å². The molecule has 0 aliphatic rings. The quantitative estimate of drug-likeness (QED) is 0.583. The van der Waals surface area contributed by atoms with Gasteiger partial charge in [0.2, 0.25) is 0 Å². The van der Waals surface area contributed by atoms with Gasteiger partial charge in [0.1, 0.15) is 11.6 Å². The number of carbonyl (C=O) groups is 1. The second-order valence-corrected chi connectivity index (χ2v) is 5.68. The number of rotatable bonds is 3. The van der Waals surface area contributed by atoms with Crippen LogP contribution in [0.25, 0.3) is 0 Å². The number of nitrogen functional groups attached to an aromatic ring is 1. The third-order valence-electron chi connectivity index (χ3n) is 2.92. The third kappa shape index (κ3) is 4.03. The van der Waals surface area contributed by atoms with Crippen LogP contribution in [0.3, 0.4) is 0 Å². The Morgan fingerprint density at radius 1 is 1.12 bits per heavy atom. The van der Waals surface area contributed by atoms with Crippen molar-refractivity contribution in [2.24, 2.45) is 0 Å². The summed E-state index contributed by atoms with van der Waals surface area (Å²) in [4.78, 5) is 15.7. The van der Waals surface area contributed by atoms with Crippen molar-refractivity contribution in [1.82, 2.24) is 4.98 Å². The van der Waals surface area contributed by atoms with Crippen molar-refractivity contribution >= 4 is 46.5 Å². The van der Waals surface area contributed by atoms with E-state index in [0.29, 0.717) is 5.56 Å². The fourth-order valence-corrected chi connectivity index (χ4v) is 2.26. The summed E-state index contributed by atoms with van der Waals surface area (Å²) in [6.45, 7) is -0.283. The van der Waals surface area contributed by atoms with Crippen LogP contribution in [0.1, 0.15) is 21.6 Å². The zero-order valence-corrected chi connectivity index (χ0v) is 13.9. The fraction of sp³-hybridized carbons (Fsp3) is 0.143. The van der Waals surface area contributed by atoms with Crippen LogP contribution < -0.4 is 5.73 Å². The lowest BCUT2D eigenvalue weighted by atomic mass is 10.1. The molecule has 2 rings (SSSR count). The van der Waals surface area contributed by atoms with Gasteiger partial charge in [-0.15, -0.1) is 0 Å². The molecule has 0 bridgehead atoms. The molecule has 1 aromatic heterocycles. The first-order chi connectivity index (χ1) is 11.1. The Balaban J connectivity index is 2.12. The number of pyridine rings is 1. The fourth-order valence-electron chi connectivity index (χ4n) is 1.67. The number of anilines is 1. The van der Waals surface area contributed by atoms with Crippen LogP contribution in [0.15, 0.2) is 24.3 Å². The third-order valence-corrected chi connectivity index (χ3v) is 4.05. The van der Waals surface area contributed by atoms with Gasteiger partial charge in [0.25, 0.3) is 0 Å². The molecule has 0 saturated heterocycles. The first-order valence-electron chi connectivity index (χ1n) is 6.24. The molecule has 0 atom stereocenters. The van der Waals surface area contributed by atoms with Crippen LogP contribution in [-0.2, 0) is 17.5 Å². The zero-order chi connectivity index (χ0) is 18.1. The first kappa shape index (κ1) is 18.6. The summed E-state index contributed by atoms with van der Waals surface area (Å²) in [6, 6.07) is 4.14. The number of aromatic nitrogens is 1. The molecule has 0 saturated carbocycles. The van der Waals surface area contributed by atoms with Crippen molar-refractivity contribution in [3.8, 4) is 0 Å². The predicted molar refractivity (Wildman–Crippen MR) is 84.2 cm³/mol. The Labute approximate surface area is 149 Å². The Kier molecular flexibility index (Phi) is 5.47. The summed E-state index contributed by atoms with van der Waals surface area (Å²) in [7, 11) is 0. The van der Waals surface area contributed by atoms with Crippen molar-refractivity contribution < 1.29 is 22.7 Å². The minimum atomic E-state index is -4.44. The topological polar surface area (TPSA) is 65.2 Å². The van der Waals surface area contributed by atoms with Gasteiger partial charge in [-0.25, -0.2) is 9.78 Å². The molecule has 1 aromatic carbocycles.